The van der Waals surface area contributed by atoms with E-state index in [1.165, 1.54) is 12.1 Å². The Bertz CT molecular complexity index is 272. The first-order valence-electron chi connectivity index (χ1n) is 3.15. The fourth-order valence-electron chi connectivity index (χ4n) is 0.718. The van der Waals surface area contributed by atoms with E-state index in [0.717, 1.165) is 6.07 Å². The topological polar surface area (TPSA) is 32.8 Å². The predicted molar refractivity (Wildman–Crippen MR) is 33.6 cm³/mol. The van der Waals surface area contributed by atoms with E-state index >= 15 is 0 Å². The predicted octanol–water partition coefficient (Wildman–Crippen LogP) is 2.03. The van der Waals surface area contributed by atoms with E-state index in [0.29, 0.717) is 0 Å². The van der Waals surface area contributed by atoms with Crippen molar-refractivity contribution in [2.24, 2.45) is 0 Å². The van der Waals surface area contributed by atoms with Gasteiger partial charge in [-0.25, -0.2) is 10.1 Å². The summed E-state index contributed by atoms with van der Waals surface area (Å²) >= 11 is 0. The third kappa shape index (κ3) is 1.94. The van der Waals surface area contributed by atoms with Gasteiger partial charge in [-0.1, -0.05) is 6.07 Å². The van der Waals surface area contributed by atoms with Crippen molar-refractivity contribution in [2.45, 2.75) is 12.8 Å². The van der Waals surface area contributed by atoms with E-state index < -0.39 is 18.5 Å². The van der Waals surface area contributed by atoms with Gasteiger partial charge in [0.15, 0.2) is 0 Å². The van der Waals surface area contributed by atoms with Crippen LogP contribution in [0, 0.1) is 0 Å². The van der Waals surface area contributed by atoms with Gasteiger partial charge in [0.25, 0.3) is 0 Å². The van der Waals surface area contributed by atoms with Gasteiger partial charge in [0, 0.05) is 0 Å². The van der Waals surface area contributed by atoms with Gasteiger partial charge in [-0.2, -0.15) is 13.2 Å². The molecule has 0 saturated heterocycles. The lowest BCUT2D eigenvalue weighted by molar-refractivity contribution is -0.141. The minimum absolute atomic E-state index is 0.0928. The maximum Gasteiger partial charge on any atom is 0.433 e. The molecule has 0 unspecified atom stereocenters. The van der Waals surface area contributed by atoms with Crippen LogP contribution in [0.15, 0.2) is 18.2 Å². The van der Waals surface area contributed by atoms with Crippen molar-refractivity contribution in [3.05, 3.63) is 29.6 Å². The Hall–Kier alpha value is -1.10. The minimum Gasteiger partial charge on any atom is -0.246 e. The van der Waals surface area contributed by atoms with Crippen LogP contribution in [0.2, 0.25) is 0 Å². The van der Waals surface area contributed by atoms with Gasteiger partial charge in [0.2, 0.25) is 0 Å². The van der Waals surface area contributed by atoms with Gasteiger partial charge >= 0.3 is 6.18 Å². The second kappa shape index (κ2) is 3.10. The van der Waals surface area contributed by atoms with Gasteiger partial charge in [0.1, 0.15) is 12.3 Å². The summed E-state index contributed by atoms with van der Waals surface area (Å²) < 4.78 is 35.8. The fraction of sp³-hybridized carbons (Fsp3) is 0.286. The van der Waals surface area contributed by atoms with Crippen molar-refractivity contribution in [2.75, 3.05) is 0 Å². The Morgan fingerprint density at radius 2 is 2.00 bits per heavy atom. The lowest BCUT2D eigenvalue weighted by Gasteiger charge is -2.05. The molecule has 0 N–H and O–H groups in total. The summed E-state index contributed by atoms with van der Waals surface area (Å²) in [6.07, 6.45) is -4.47. The molecule has 12 heavy (non-hydrogen) atoms. The zero-order valence-corrected chi connectivity index (χ0v) is 5.93. The molecule has 0 bridgehead atoms. The molecule has 1 radical (unpaired) electrons. The molecule has 2 nitrogen and oxygen atoms in total. The summed E-state index contributed by atoms with van der Waals surface area (Å²) in [6.45, 7) is -0.732. The highest BCUT2D eigenvalue weighted by molar-refractivity contribution is 5.12. The van der Waals surface area contributed by atoms with Crippen LogP contribution >= 0.6 is 0 Å². The number of alkyl halides is 3. The molecule has 1 aromatic heterocycles. The quantitative estimate of drug-likeness (QED) is 0.644. The highest BCUT2D eigenvalue weighted by Gasteiger charge is 2.32. The molecule has 0 aromatic carbocycles. The number of aromatic nitrogens is 1. The maximum absolute atomic E-state index is 11.9. The zero-order valence-electron chi connectivity index (χ0n) is 5.93. The maximum atomic E-state index is 11.9. The van der Waals surface area contributed by atoms with Crippen molar-refractivity contribution in [3.8, 4) is 0 Å². The standard InChI is InChI=1S/C7H5F3NO/c8-7(9,10)6-3-1-2-5(4-12)11-6/h1-3H,4H2. The van der Waals surface area contributed by atoms with Gasteiger partial charge in [-0.05, 0) is 12.1 Å². The number of nitrogens with zero attached hydrogens (tertiary/aromatic N) is 1. The molecule has 0 saturated carbocycles. The fourth-order valence-corrected chi connectivity index (χ4v) is 0.718. The van der Waals surface area contributed by atoms with Crippen LogP contribution in [0.3, 0.4) is 0 Å². The lowest BCUT2D eigenvalue weighted by atomic mass is 10.3. The molecule has 0 spiro atoms. The van der Waals surface area contributed by atoms with E-state index in [2.05, 4.69) is 4.98 Å². The van der Waals surface area contributed by atoms with Crippen LogP contribution in [0.1, 0.15) is 11.4 Å². The Balaban J connectivity index is 3.02. The van der Waals surface area contributed by atoms with Crippen LogP contribution in [-0.4, -0.2) is 4.98 Å². The highest BCUT2D eigenvalue weighted by atomic mass is 19.4. The second-order valence-corrected chi connectivity index (χ2v) is 2.16. The smallest absolute Gasteiger partial charge is 0.246 e. The number of hydrogen-bond donors (Lipinski definition) is 0. The molecule has 1 rings (SSSR count). The molecule has 0 aliphatic heterocycles. The SMILES string of the molecule is [O]Cc1cccc(C(F)(F)F)n1. The molecule has 0 atom stereocenters. The monoisotopic (exact) mass is 176 g/mol. The van der Waals surface area contributed by atoms with Gasteiger partial charge in [-0.3, -0.25) is 0 Å². The van der Waals surface area contributed by atoms with Crippen molar-refractivity contribution in [1.82, 2.24) is 4.98 Å². The summed E-state index contributed by atoms with van der Waals surface area (Å²) in [5.41, 5.74) is -1.11. The van der Waals surface area contributed by atoms with Gasteiger partial charge in [-0.15, -0.1) is 0 Å². The largest absolute Gasteiger partial charge is 0.433 e. The number of halogens is 3. The van der Waals surface area contributed by atoms with Crippen molar-refractivity contribution >= 4 is 0 Å². The molecule has 1 aromatic rings. The molecule has 5 heteroatoms. The van der Waals surface area contributed by atoms with Crippen molar-refractivity contribution in [1.29, 1.82) is 0 Å². The molecule has 0 aliphatic carbocycles. The van der Waals surface area contributed by atoms with Crippen molar-refractivity contribution < 1.29 is 18.3 Å². The first-order valence-corrected chi connectivity index (χ1v) is 3.15. The van der Waals surface area contributed by atoms with E-state index in [1.54, 1.807) is 0 Å². The summed E-state index contributed by atoms with van der Waals surface area (Å²) in [5, 5.41) is 10.2. The molecule has 0 amide bonds. The first-order chi connectivity index (χ1) is 5.54. The Labute approximate surface area is 66.7 Å². The van der Waals surface area contributed by atoms with Crippen LogP contribution in [-0.2, 0) is 17.9 Å². The zero-order chi connectivity index (χ0) is 9.19. The Morgan fingerprint density at radius 1 is 1.33 bits per heavy atom. The van der Waals surface area contributed by atoms with Gasteiger partial charge < -0.3 is 0 Å². The third-order valence-corrected chi connectivity index (χ3v) is 1.25. The van der Waals surface area contributed by atoms with Crippen molar-refractivity contribution in [3.63, 3.8) is 0 Å². The summed E-state index contributed by atoms with van der Waals surface area (Å²) in [5.74, 6) is 0. The molecule has 1 heterocycles. The summed E-state index contributed by atoms with van der Waals surface area (Å²) in [4.78, 5) is 3.12. The van der Waals surface area contributed by atoms with E-state index in [-0.39, 0.29) is 5.69 Å². The molecule has 65 valence electrons. The normalized spacial score (nSPS) is 11.7. The first kappa shape index (κ1) is 8.99. The summed E-state index contributed by atoms with van der Waals surface area (Å²) in [7, 11) is 0. The molecule has 0 fully saturated rings. The average Bonchev–Trinajstić information content (AvgIpc) is 2.03. The van der Waals surface area contributed by atoms with Crippen LogP contribution in [0.4, 0.5) is 13.2 Å². The van der Waals surface area contributed by atoms with Crippen LogP contribution < -0.4 is 0 Å². The average molecular weight is 176 g/mol. The lowest BCUT2D eigenvalue weighted by Crippen LogP contribution is -2.08. The van der Waals surface area contributed by atoms with E-state index in [4.69, 9.17) is 0 Å². The second-order valence-electron chi connectivity index (χ2n) is 2.16. The van der Waals surface area contributed by atoms with Crippen LogP contribution in [0.25, 0.3) is 0 Å². The number of pyridine rings is 1. The number of rotatable bonds is 1. The Morgan fingerprint density at radius 3 is 2.50 bits per heavy atom. The molecule has 0 aliphatic rings. The molecular formula is C7H5F3NO. The van der Waals surface area contributed by atoms with E-state index in [9.17, 15) is 18.3 Å². The number of hydrogen-bond acceptors (Lipinski definition) is 1. The molecular weight excluding hydrogens is 171 g/mol. The van der Waals surface area contributed by atoms with Gasteiger partial charge in [0.05, 0.1) is 5.69 Å². The highest BCUT2D eigenvalue weighted by Crippen LogP contribution is 2.27. The third-order valence-electron chi connectivity index (χ3n) is 1.25. The van der Waals surface area contributed by atoms with E-state index in [1.807, 2.05) is 0 Å². The Kier molecular flexibility index (Phi) is 2.32. The summed E-state index contributed by atoms with van der Waals surface area (Å²) in [6, 6.07) is 3.27. The van der Waals surface area contributed by atoms with Crippen LogP contribution in [0.5, 0.6) is 0 Å². The minimum atomic E-state index is -4.47.